The van der Waals surface area contributed by atoms with Crippen LogP contribution in [-0.4, -0.2) is 176 Å². The van der Waals surface area contributed by atoms with Crippen LogP contribution in [-0.2, 0) is 68.7 Å². The first-order chi connectivity index (χ1) is 37.8. The number of nitrogens with two attached hydrogens (primary N) is 2. The Balaban J connectivity index is 3.54. The van der Waals surface area contributed by atoms with E-state index in [1.165, 1.54) is 0 Å². The molecule has 0 saturated carbocycles. The quantitative estimate of drug-likeness (QED) is 0.0306. The van der Waals surface area contributed by atoms with Crippen LogP contribution < -0.4 is 59.3 Å². The summed E-state index contributed by atoms with van der Waals surface area (Å²) in [5, 5.41) is 69.7. The third-order valence-electron chi connectivity index (χ3n) is 12.8. The number of aliphatic hydroxyl groups excluding tert-OH is 2. The lowest BCUT2D eigenvalue weighted by Gasteiger charge is -2.31. The van der Waals surface area contributed by atoms with Gasteiger partial charge in [0, 0.05) is 6.42 Å². The highest BCUT2D eigenvalue weighted by Gasteiger charge is 2.39. The number of aliphatic carboxylic acids is 3. The van der Waals surface area contributed by atoms with Gasteiger partial charge in [-0.15, -0.1) is 0 Å². The van der Waals surface area contributed by atoms with E-state index in [-0.39, 0.29) is 43.9 Å². The van der Waals surface area contributed by atoms with Crippen LogP contribution in [0.1, 0.15) is 113 Å². The van der Waals surface area contributed by atoms with Gasteiger partial charge in [-0.05, 0) is 49.0 Å². The monoisotopic (exact) mass is 1150 g/mol. The highest BCUT2D eigenvalue weighted by atomic mass is 16.4. The molecule has 29 heteroatoms. The Hall–Kier alpha value is -7.79. The van der Waals surface area contributed by atoms with Gasteiger partial charge in [0.1, 0.15) is 54.4 Å². The Bertz CT molecular complexity index is 2360. The van der Waals surface area contributed by atoms with Crippen LogP contribution in [0, 0.1) is 23.7 Å². The van der Waals surface area contributed by atoms with Crippen LogP contribution in [0.5, 0.6) is 0 Å². The molecule has 13 atom stereocenters. The summed E-state index contributed by atoms with van der Waals surface area (Å²) in [5.74, 6) is -17.2. The first-order valence-electron chi connectivity index (χ1n) is 26.5. The van der Waals surface area contributed by atoms with Gasteiger partial charge in [0.2, 0.25) is 59.1 Å². The maximum Gasteiger partial charge on any atom is 0.328 e. The summed E-state index contributed by atoms with van der Waals surface area (Å²) in [6.45, 7) is 13.4. The zero-order valence-corrected chi connectivity index (χ0v) is 47.1. The molecule has 0 aliphatic rings. The van der Waals surface area contributed by atoms with Gasteiger partial charge in [0.15, 0.2) is 0 Å². The summed E-state index contributed by atoms with van der Waals surface area (Å²) >= 11 is 0. The topological polar surface area (TPSA) is 483 Å². The van der Waals surface area contributed by atoms with Gasteiger partial charge in [0.25, 0.3) is 0 Å². The van der Waals surface area contributed by atoms with E-state index in [2.05, 4.69) is 47.9 Å². The molecule has 29 nitrogen and oxygen atoms in total. The molecule has 1 rings (SSSR count). The normalized spacial score (nSPS) is 16.0. The molecule has 81 heavy (non-hydrogen) atoms. The molecule has 0 bridgehead atoms. The van der Waals surface area contributed by atoms with Crippen molar-refractivity contribution >= 4 is 77.0 Å². The molecule has 0 fully saturated rings. The SMILES string of the molecule is CC[C@H](C)[C@H](NC(=O)[C@H](CC(C)C)NC(=O)[C@@H](NC(=O)[C@H](CC(N)=O)NC(=O)[C@@H](NC(=O)[C@@H](N)CC(=O)O)[C@@H](C)O)[C@@H](C)CC)C(=O)N[C@@H](CC(=O)O)C(=O)N[C@@H](CC(C)C)C(=O)N[C@@H](Cc1ccccc1)C(=O)N[C@@H](CO)C(=O)O. The number of amides is 10. The lowest BCUT2D eigenvalue weighted by atomic mass is 9.95. The number of rotatable bonds is 37. The maximum atomic E-state index is 14.3. The molecule has 0 spiro atoms. The number of benzene rings is 1. The van der Waals surface area contributed by atoms with Crippen LogP contribution in [0.25, 0.3) is 0 Å². The number of aliphatic hydroxyl groups is 2. The molecule has 0 saturated heterocycles. The number of hydrogen-bond donors (Lipinski definition) is 16. The van der Waals surface area contributed by atoms with Crippen LogP contribution in [0.3, 0.4) is 0 Å². The highest BCUT2D eigenvalue weighted by Crippen LogP contribution is 2.16. The van der Waals surface area contributed by atoms with Gasteiger partial charge in [0.05, 0.1) is 38.0 Å². The fourth-order valence-corrected chi connectivity index (χ4v) is 7.90. The lowest BCUT2D eigenvalue weighted by molar-refractivity contribution is -0.143. The van der Waals surface area contributed by atoms with Crippen molar-refractivity contribution < 1.29 is 87.9 Å². The van der Waals surface area contributed by atoms with Crippen molar-refractivity contribution in [1.82, 2.24) is 47.9 Å². The molecule has 0 heterocycles. The van der Waals surface area contributed by atoms with E-state index < -0.39 is 181 Å². The average molecular weight is 1150 g/mol. The van der Waals surface area contributed by atoms with Crippen molar-refractivity contribution in [1.29, 1.82) is 0 Å². The fourth-order valence-electron chi connectivity index (χ4n) is 7.90. The van der Waals surface area contributed by atoms with Crippen molar-refractivity contribution in [2.24, 2.45) is 35.1 Å². The Morgan fingerprint density at radius 2 is 0.815 bits per heavy atom. The minimum Gasteiger partial charge on any atom is -0.481 e. The number of nitrogens with one attached hydrogen (secondary N) is 9. The molecule has 10 amide bonds. The predicted molar refractivity (Wildman–Crippen MR) is 288 cm³/mol. The summed E-state index contributed by atoms with van der Waals surface area (Å²) in [6.07, 6.45) is -4.21. The largest absolute Gasteiger partial charge is 0.481 e. The van der Waals surface area contributed by atoms with Gasteiger partial charge >= 0.3 is 17.9 Å². The Morgan fingerprint density at radius 3 is 1.22 bits per heavy atom. The summed E-state index contributed by atoms with van der Waals surface area (Å²) in [7, 11) is 0. The molecule has 0 unspecified atom stereocenters. The third-order valence-corrected chi connectivity index (χ3v) is 12.8. The van der Waals surface area contributed by atoms with E-state index in [1.54, 1.807) is 85.7 Å². The van der Waals surface area contributed by atoms with Crippen molar-refractivity contribution in [3.05, 3.63) is 35.9 Å². The standard InChI is InChI=1S/C52H83N11O18/c1-10-26(7)40(62-48(76)34(21-37(54)66)58-51(79)42(28(9)65)63-43(71)30(53)20-38(67)68)49(77)57-32(18-25(5)6)47(75)61-41(27(8)11-2)50(78)59-35(22-39(69)70)46(74)55-31(17-24(3)4)44(72)56-33(19-29-15-13-12-14-16-29)45(73)60-36(23-64)52(80)81/h12-16,24-28,30-36,40-42,64-65H,10-11,17-23,53H2,1-9H3,(H2,54,66)(H,55,74)(H,56,72)(H,57,77)(H,58,79)(H,59,78)(H,60,73)(H,61,75)(H,62,76)(H,63,71)(H,67,68)(H,69,70)(H,80,81)/t26-,27-,28+,30-,31-,32-,33-,34-,35-,36-,40-,41-,42-/m0/s1. The number of hydrogen-bond acceptors (Lipinski definition) is 16. The minimum atomic E-state index is -1.88. The number of carbonyl (C=O) groups excluding carboxylic acids is 10. The zero-order valence-electron chi connectivity index (χ0n) is 47.1. The minimum absolute atomic E-state index is 0.0602. The van der Waals surface area contributed by atoms with Crippen LogP contribution in [0.15, 0.2) is 30.3 Å². The summed E-state index contributed by atoms with van der Waals surface area (Å²) in [6, 6.07) is -7.92. The fraction of sp³-hybridized carbons (Fsp3) is 0.635. The molecule has 0 radical (unpaired) electrons. The highest BCUT2D eigenvalue weighted by molar-refractivity contribution is 6.00. The molecule has 0 aliphatic heterocycles. The smallest absolute Gasteiger partial charge is 0.328 e. The van der Waals surface area contributed by atoms with Crippen molar-refractivity contribution in [2.75, 3.05) is 6.61 Å². The van der Waals surface area contributed by atoms with Gasteiger partial charge in [-0.1, -0.05) is 98.6 Å². The molecule has 0 aliphatic carbocycles. The third kappa shape index (κ3) is 25.5. The molecule has 18 N–H and O–H groups in total. The Labute approximate surface area is 469 Å². The maximum absolute atomic E-state index is 14.3. The zero-order chi connectivity index (χ0) is 62.0. The van der Waals surface area contributed by atoms with Crippen LogP contribution in [0.2, 0.25) is 0 Å². The first kappa shape index (κ1) is 71.2. The average Bonchev–Trinajstić information content (AvgIpc) is 3.42. The second kappa shape index (κ2) is 35.1. The summed E-state index contributed by atoms with van der Waals surface area (Å²) in [5.41, 5.74) is 11.5. The second-order valence-corrected chi connectivity index (χ2v) is 20.8. The van der Waals surface area contributed by atoms with Gasteiger partial charge in [-0.3, -0.25) is 57.5 Å². The van der Waals surface area contributed by atoms with Gasteiger partial charge in [-0.25, -0.2) is 4.79 Å². The molecule has 1 aromatic rings. The molecule has 1 aromatic carbocycles. The van der Waals surface area contributed by atoms with E-state index in [0.29, 0.717) is 5.56 Å². The summed E-state index contributed by atoms with van der Waals surface area (Å²) < 4.78 is 0. The van der Waals surface area contributed by atoms with Crippen molar-refractivity contribution in [3.8, 4) is 0 Å². The molecular formula is C52H83N11O18. The van der Waals surface area contributed by atoms with Crippen molar-refractivity contribution in [3.63, 3.8) is 0 Å². The van der Waals surface area contributed by atoms with Crippen LogP contribution >= 0.6 is 0 Å². The van der Waals surface area contributed by atoms with E-state index in [4.69, 9.17) is 16.6 Å². The second-order valence-electron chi connectivity index (χ2n) is 20.8. The van der Waals surface area contributed by atoms with Gasteiger partial charge in [-0.2, -0.15) is 0 Å². The number of primary amides is 1. The number of carboxylic acid groups (broad SMARTS) is 3. The molecule has 0 aromatic heterocycles. The molecule has 454 valence electrons. The Morgan fingerprint density at radius 1 is 0.457 bits per heavy atom. The van der Waals surface area contributed by atoms with Crippen LogP contribution in [0.4, 0.5) is 0 Å². The number of carbonyl (C=O) groups is 13. The van der Waals surface area contributed by atoms with E-state index in [0.717, 1.165) is 6.92 Å². The van der Waals surface area contributed by atoms with Crippen molar-refractivity contribution in [2.45, 2.75) is 180 Å². The number of carboxylic acids is 3. The van der Waals surface area contributed by atoms with E-state index >= 15 is 0 Å². The van der Waals surface area contributed by atoms with Gasteiger partial charge < -0.3 is 84.9 Å². The molecular weight excluding hydrogens is 1070 g/mol. The van der Waals surface area contributed by atoms with E-state index in [1.807, 2.05) is 0 Å². The first-order valence-corrected chi connectivity index (χ1v) is 26.5. The lowest BCUT2D eigenvalue weighted by Crippen LogP contribution is -2.62. The van der Waals surface area contributed by atoms with E-state index in [9.17, 15) is 82.8 Å². The predicted octanol–water partition coefficient (Wildman–Crippen LogP) is -3.61. The summed E-state index contributed by atoms with van der Waals surface area (Å²) in [4.78, 5) is 171. The Kier molecular flexibility index (Phi) is 30.8.